The Bertz CT molecular complexity index is 1270. The maximum Gasteiger partial charge on any atom is 0.412 e. The van der Waals surface area contributed by atoms with Gasteiger partial charge in [0.1, 0.15) is 17.5 Å². The van der Waals surface area contributed by atoms with Crippen molar-refractivity contribution in [1.29, 1.82) is 5.26 Å². The van der Waals surface area contributed by atoms with E-state index >= 15 is 0 Å². The Morgan fingerprint density at radius 3 is 2.41 bits per heavy atom. The van der Waals surface area contributed by atoms with Crippen LogP contribution in [-0.2, 0) is 4.74 Å². The van der Waals surface area contributed by atoms with Crippen LogP contribution in [-0.4, -0.2) is 11.2 Å². The first kappa shape index (κ1) is 20.9. The molecule has 0 saturated heterocycles. The van der Waals surface area contributed by atoms with E-state index in [0.717, 1.165) is 22.3 Å². The molecule has 4 aromatic rings. The standard InChI is InChI=1S/C26H21N3O3/c1-17-24(28-26(30)31-18(2)23-10-6-7-19(15-23)16-27)25(32-29-17)22-13-11-21(12-14-22)20-8-4-3-5-9-20/h3-15,18H,1-2H3,(H,28,30). The summed E-state index contributed by atoms with van der Waals surface area (Å²) in [6.07, 6.45) is -1.16. The van der Waals surface area contributed by atoms with Gasteiger partial charge in [-0.25, -0.2) is 4.79 Å². The zero-order valence-electron chi connectivity index (χ0n) is 17.7. The largest absolute Gasteiger partial charge is 0.441 e. The van der Waals surface area contributed by atoms with Crippen molar-refractivity contribution in [2.24, 2.45) is 0 Å². The Kier molecular flexibility index (Phi) is 6.00. The topological polar surface area (TPSA) is 88.2 Å². The molecule has 1 unspecified atom stereocenters. The number of aryl methyl sites for hydroxylation is 1. The van der Waals surface area contributed by atoms with Gasteiger partial charge in [0.25, 0.3) is 0 Å². The lowest BCUT2D eigenvalue weighted by atomic mass is 10.0. The van der Waals surface area contributed by atoms with Crippen molar-refractivity contribution in [3.8, 4) is 28.5 Å². The number of ether oxygens (including phenoxy) is 1. The lowest BCUT2D eigenvalue weighted by Gasteiger charge is -2.14. The highest BCUT2D eigenvalue weighted by molar-refractivity contribution is 5.91. The Morgan fingerprint density at radius 1 is 1.00 bits per heavy atom. The maximum atomic E-state index is 12.6. The van der Waals surface area contributed by atoms with Crippen LogP contribution in [0.4, 0.5) is 10.5 Å². The van der Waals surface area contributed by atoms with E-state index in [2.05, 4.69) is 16.5 Å². The number of benzene rings is 3. The Labute approximate surface area is 186 Å². The van der Waals surface area contributed by atoms with Gasteiger partial charge in [0.05, 0.1) is 11.6 Å². The van der Waals surface area contributed by atoms with Crippen LogP contribution >= 0.6 is 0 Å². The summed E-state index contributed by atoms with van der Waals surface area (Å²) in [5.41, 5.74) is 5.23. The van der Waals surface area contributed by atoms with Gasteiger partial charge in [-0.3, -0.25) is 5.32 Å². The molecule has 6 nitrogen and oxygen atoms in total. The van der Waals surface area contributed by atoms with Crippen molar-refractivity contribution >= 4 is 11.8 Å². The molecule has 1 atom stereocenters. The second-order valence-electron chi connectivity index (χ2n) is 7.33. The second kappa shape index (κ2) is 9.19. The number of nitrogens with zero attached hydrogens (tertiary/aromatic N) is 2. The normalized spacial score (nSPS) is 11.4. The van der Waals surface area contributed by atoms with Gasteiger partial charge >= 0.3 is 6.09 Å². The summed E-state index contributed by atoms with van der Waals surface area (Å²) in [6.45, 7) is 3.50. The molecule has 158 valence electrons. The fourth-order valence-electron chi connectivity index (χ4n) is 3.38. The van der Waals surface area contributed by atoms with E-state index < -0.39 is 12.2 Å². The molecule has 32 heavy (non-hydrogen) atoms. The molecule has 0 saturated carbocycles. The summed E-state index contributed by atoms with van der Waals surface area (Å²) in [6, 6.07) is 26.9. The summed E-state index contributed by atoms with van der Waals surface area (Å²) in [5.74, 6) is 0.457. The zero-order valence-corrected chi connectivity index (χ0v) is 17.7. The third-order valence-corrected chi connectivity index (χ3v) is 5.11. The zero-order chi connectivity index (χ0) is 22.5. The lowest BCUT2D eigenvalue weighted by molar-refractivity contribution is 0.121. The number of amides is 1. The number of carbonyl (C=O) groups excluding carboxylic acids is 1. The Hall–Kier alpha value is -4.37. The minimum Gasteiger partial charge on any atom is -0.441 e. The molecule has 1 aromatic heterocycles. The number of anilines is 1. The number of hydrogen-bond donors (Lipinski definition) is 1. The molecular weight excluding hydrogens is 402 g/mol. The molecule has 1 amide bonds. The monoisotopic (exact) mass is 423 g/mol. The Morgan fingerprint density at radius 2 is 1.69 bits per heavy atom. The van der Waals surface area contributed by atoms with Crippen molar-refractivity contribution in [1.82, 2.24) is 5.16 Å². The van der Waals surface area contributed by atoms with Crippen LogP contribution in [0.5, 0.6) is 0 Å². The predicted molar refractivity (Wildman–Crippen MR) is 122 cm³/mol. The molecule has 1 heterocycles. The third kappa shape index (κ3) is 4.52. The van der Waals surface area contributed by atoms with Crippen LogP contribution in [0.25, 0.3) is 22.5 Å². The first-order chi connectivity index (χ1) is 15.5. The molecule has 0 aliphatic heterocycles. The van der Waals surface area contributed by atoms with Gasteiger partial charge in [-0.2, -0.15) is 5.26 Å². The molecule has 3 aromatic carbocycles. The van der Waals surface area contributed by atoms with E-state index in [-0.39, 0.29) is 0 Å². The maximum absolute atomic E-state index is 12.6. The molecule has 1 N–H and O–H groups in total. The molecule has 0 aliphatic rings. The van der Waals surface area contributed by atoms with Crippen molar-refractivity contribution in [2.45, 2.75) is 20.0 Å². The van der Waals surface area contributed by atoms with Crippen LogP contribution in [0.3, 0.4) is 0 Å². The summed E-state index contributed by atoms with van der Waals surface area (Å²) in [4.78, 5) is 12.6. The highest BCUT2D eigenvalue weighted by Gasteiger charge is 2.20. The van der Waals surface area contributed by atoms with E-state index in [1.54, 1.807) is 32.0 Å². The molecule has 0 spiro atoms. The average molecular weight is 423 g/mol. The van der Waals surface area contributed by atoms with Gasteiger partial charge in [-0.15, -0.1) is 0 Å². The van der Waals surface area contributed by atoms with Gasteiger partial charge in [-0.1, -0.05) is 71.9 Å². The quantitative estimate of drug-likeness (QED) is 0.396. The minimum atomic E-state index is -0.631. The number of carbonyl (C=O) groups is 1. The minimum absolute atomic E-state index is 0.457. The van der Waals surface area contributed by atoms with E-state index in [1.165, 1.54) is 0 Å². The van der Waals surface area contributed by atoms with Gasteiger partial charge in [-0.05, 0) is 42.7 Å². The number of aromatic nitrogens is 1. The molecule has 0 bridgehead atoms. The third-order valence-electron chi connectivity index (χ3n) is 5.11. The molecule has 0 radical (unpaired) electrons. The highest BCUT2D eigenvalue weighted by atomic mass is 16.6. The van der Waals surface area contributed by atoms with Gasteiger partial charge < -0.3 is 9.26 Å². The summed E-state index contributed by atoms with van der Waals surface area (Å²) in [5, 5.41) is 15.8. The molecule has 6 heteroatoms. The van der Waals surface area contributed by atoms with E-state index in [9.17, 15) is 4.79 Å². The van der Waals surface area contributed by atoms with Crippen LogP contribution in [0, 0.1) is 18.3 Å². The van der Waals surface area contributed by atoms with Gasteiger partial charge in [0.2, 0.25) is 0 Å². The van der Waals surface area contributed by atoms with Crippen LogP contribution in [0.1, 0.15) is 29.8 Å². The average Bonchev–Trinajstić information content (AvgIpc) is 3.19. The molecule has 0 fully saturated rings. The summed E-state index contributed by atoms with van der Waals surface area (Å²) >= 11 is 0. The van der Waals surface area contributed by atoms with Gasteiger partial charge in [0.15, 0.2) is 5.76 Å². The van der Waals surface area contributed by atoms with E-state index in [1.807, 2.05) is 60.7 Å². The SMILES string of the molecule is Cc1noc(-c2ccc(-c3ccccc3)cc2)c1NC(=O)OC(C)c1cccc(C#N)c1. The smallest absolute Gasteiger partial charge is 0.412 e. The van der Waals surface area contributed by atoms with E-state index in [0.29, 0.717) is 22.7 Å². The highest BCUT2D eigenvalue weighted by Crippen LogP contribution is 2.33. The second-order valence-corrected chi connectivity index (χ2v) is 7.33. The van der Waals surface area contributed by atoms with Gasteiger partial charge in [0, 0.05) is 5.56 Å². The lowest BCUT2D eigenvalue weighted by Crippen LogP contribution is -2.16. The van der Waals surface area contributed by atoms with Crippen molar-refractivity contribution in [3.63, 3.8) is 0 Å². The first-order valence-electron chi connectivity index (χ1n) is 10.1. The first-order valence-corrected chi connectivity index (χ1v) is 10.1. The van der Waals surface area contributed by atoms with E-state index in [4.69, 9.17) is 14.5 Å². The van der Waals surface area contributed by atoms with Crippen molar-refractivity contribution in [3.05, 3.63) is 95.7 Å². The molecule has 0 aliphatic carbocycles. The van der Waals surface area contributed by atoms with Crippen LogP contribution in [0.2, 0.25) is 0 Å². The Balaban J connectivity index is 1.50. The van der Waals surface area contributed by atoms with Crippen LogP contribution < -0.4 is 5.32 Å². The summed E-state index contributed by atoms with van der Waals surface area (Å²) in [7, 11) is 0. The number of nitriles is 1. The number of nitrogens with one attached hydrogen (secondary N) is 1. The van der Waals surface area contributed by atoms with Crippen molar-refractivity contribution in [2.75, 3.05) is 5.32 Å². The summed E-state index contributed by atoms with van der Waals surface area (Å²) < 4.78 is 11.0. The predicted octanol–water partition coefficient (Wildman–Crippen LogP) is 6.50. The molecule has 4 rings (SSSR count). The number of hydrogen-bond acceptors (Lipinski definition) is 5. The van der Waals surface area contributed by atoms with Crippen LogP contribution in [0.15, 0.2) is 83.4 Å². The number of rotatable bonds is 5. The fraction of sp³-hybridized carbons (Fsp3) is 0.115. The molecular formula is C26H21N3O3. The fourth-order valence-corrected chi connectivity index (χ4v) is 3.38. The van der Waals surface area contributed by atoms with Crippen molar-refractivity contribution < 1.29 is 14.1 Å².